The second-order valence-electron chi connectivity index (χ2n) is 10.6. The average Bonchev–Trinajstić information content (AvgIpc) is 2.95. The zero-order chi connectivity index (χ0) is 27.6. The molecule has 0 saturated heterocycles. The SMILES string of the molecule is CCCCCC[n+]1ccc(C(=O)N(C)CCCCCCN(C)C(=O)c2cc[n+](CCCCCC)cc2)cc1. The average molecular weight is 525 g/mol. The van der Waals surface area contributed by atoms with E-state index in [1.165, 1.54) is 51.4 Å². The predicted octanol–water partition coefficient (Wildman–Crippen LogP) is 5.83. The van der Waals surface area contributed by atoms with Crippen LogP contribution in [0.2, 0.25) is 0 Å². The van der Waals surface area contributed by atoms with E-state index in [0.717, 1.165) is 63.0 Å². The van der Waals surface area contributed by atoms with E-state index >= 15 is 0 Å². The van der Waals surface area contributed by atoms with Gasteiger partial charge in [-0.15, -0.1) is 0 Å². The van der Waals surface area contributed by atoms with E-state index < -0.39 is 0 Å². The maximum atomic E-state index is 12.7. The van der Waals surface area contributed by atoms with E-state index in [4.69, 9.17) is 0 Å². The number of unbranched alkanes of at least 4 members (excludes halogenated alkanes) is 9. The van der Waals surface area contributed by atoms with Gasteiger partial charge in [0.1, 0.15) is 13.1 Å². The van der Waals surface area contributed by atoms with Crippen LogP contribution in [0.15, 0.2) is 49.1 Å². The van der Waals surface area contributed by atoms with Crippen LogP contribution < -0.4 is 9.13 Å². The van der Waals surface area contributed by atoms with Crippen molar-refractivity contribution in [3.05, 3.63) is 60.2 Å². The molecular formula is C32H52N4O2+2. The third-order valence-corrected chi connectivity index (χ3v) is 7.25. The maximum absolute atomic E-state index is 12.7. The Kier molecular flexibility index (Phi) is 15.3. The number of carbonyl (C=O) groups excluding carboxylic acids is 2. The Bertz CT molecular complexity index is 850. The Morgan fingerprint density at radius 2 is 0.895 bits per heavy atom. The predicted molar refractivity (Wildman–Crippen MR) is 154 cm³/mol. The van der Waals surface area contributed by atoms with Gasteiger partial charge in [0, 0.05) is 64.3 Å². The molecular weight excluding hydrogens is 472 g/mol. The summed E-state index contributed by atoms with van der Waals surface area (Å²) in [7, 11) is 3.77. The minimum absolute atomic E-state index is 0.0820. The monoisotopic (exact) mass is 524 g/mol. The fourth-order valence-electron chi connectivity index (χ4n) is 4.64. The van der Waals surface area contributed by atoms with Gasteiger partial charge in [-0.3, -0.25) is 9.59 Å². The molecule has 0 aromatic carbocycles. The van der Waals surface area contributed by atoms with Crippen LogP contribution in [0.25, 0.3) is 0 Å². The first-order valence-corrected chi connectivity index (χ1v) is 14.9. The highest BCUT2D eigenvalue weighted by Crippen LogP contribution is 2.08. The molecule has 0 N–H and O–H groups in total. The summed E-state index contributed by atoms with van der Waals surface area (Å²) in [6, 6.07) is 7.74. The quantitative estimate of drug-likeness (QED) is 0.172. The highest BCUT2D eigenvalue weighted by atomic mass is 16.2. The van der Waals surface area contributed by atoms with Crippen molar-refractivity contribution in [1.82, 2.24) is 9.80 Å². The molecule has 6 nitrogen and oxygen atoms in total. The molecule has 6 heteroatoms. The van der Waals surface area contributed by atoms with Gasteiger partial charge in [0.05, 0.1) is 11.1 Å². The van der Waals surface area contributed by atoms with Crippen molar-refractivity contribution in [3.63, 3.8) is 0 Å². The highest BCUT2D eigenvalue weighted by Gasteiger charge is 2.14. The van der Waals surface area contributed by atoms with Gasteiger partial charge in [0.2, 0.25) is 0 Å². The zero-order valence-electron chi connectivity index (χ0n) is 24.5. The van der Waals surface area contributed by atoms with Gasteiger partial charge in [-0.1, -0.05) is 52.4 Å². The molecule has 0 radical (unpaired) electrons. The van der Waals surface area contributed by atoms with Gasteiger partial charge < -0.3 is 9.80 Å². The van der Waals surface area contributed by atoms with Gasteiger partial charge in [-0.05, 0) is 25.7 Å². The number of pyridine rings is 2. The smallest absolute Gasteiger partial charge is 0.254 e. The fourth-order valence-corrected chi connectivity index (χ4v) is 4.64. The van der Waals surface area contributed by atoms with Crippen molar-refractivity contribution >= 4 is 11.8 Å². The molecule has 0 unspecified atom stereocenters. The van der Waals surface area contributed by atoms with Crippen LogP contribution in [0, 0.1) is 0 Å². The lowest BCUT2D eigenvalue weighted by Gasteiger charge is -2.18. The largest absolute Gasteiger partial charge is 0.342 e. The highest BCUT2D eigenvalue weighted by molar-refractivity contribution is 5.94. The Morgan fingerprint density at radius 3 is 1.24 bits per heavy atom. The molecule has 2 aromatic rings. The van der Waals surface area contributed by atoms with E-state index in [9.17, 15) is 9.59 Å². The van der Waals surface area contributed by atoms with Crippen LogP contribution in [0.1, 0.15) is 112 Å². The summed E-state index contributed by atoms with van der Waals surface area (Å²) in [5.74, 6) is 0.164. The number of carbonyl (C=O) groups is 2. The molecule has 210 valence electrons. The van der Waals surface area contributed by atoms with Crippen LogP contribution in [0.5, 0.6) is 0 Å². The molecule has 0 aliphatic carbocycles. The van der Waals surface area contributed by atoms with E-state index in [-0.39, 0.29) is 11.8 Å². The number of nitrogens with zero attached hydrogens (tertiary/aromatic N) is 4. The van der Waals surface area contributed by atoms with E-state index in [2.05, 4.69) is 23.0 Å². The molecule has 0 aliphatic rings. The minimum Gasteiger partial charge on any atom is -0.342 e. The molecule has 0 fully saturated rings. The van der Waals surface area contributed by atoms with Crippen molar-refractivity contribution in [2.45, 2.75) is 104 Å². The zero-order valence-corrected chi connectivity index (χ0v) is 24.5. The van der Waals surface area contributed by atoms with Crippen LogP contribution in [-0.2, 0) is 13.1 Å². The summed E-state index contributed by atoms with van der Waals surface area (Å²) in [6.07, 6.45) is 22.1. The van der Waals surface area contributed by atoms with Gasteiger partial charge in [-0.25, -0.2) is 9.13 Å². The normalized spacial score (nSPS) is 10.9. The molecule has 2 heterocycles. The van der Waals surface area contributed by atoms with Gasteiger partial charge in [0.25, 0.3) is 11.8 Å². The molecule has 0 atom stereocenters. The van der Waals surface area contributed by atoms with E-state index in [0.29, 0.717) is 0 Å². The van der Waals surface area contributed by atoms with Crippen LogP contribution in [0.4, 0.5) is 0 Å². The van der Waals surface area contributed by atoms with Crippen molar-refractivity contribution in [1.29, 1.82) is 0 Å². The van der Waals surface area contributed by atoms with Gasteiger partial charge >= 0.3 is 0 Å². The molecule has 2 amide bonds. The molecule has 0 saturated carbocycles. The third-order valence-electron chi connectivity index (χ3n) is 7.25. The lowest BCUT2D eigenvalue weighted by molar-refractivity contribution is -0.697. The van der Waals surface area contributed by atoms with Crippen molar-refractivity contribution in [2.24, 2.45) is 0 Å². The van der Waals surface area contributed by atoms with Crippen molar-refractivity contribution < 1.29 is 18.7 Å². The number of hydrogen-bond donors (Lipinski definition) is 0. The Labute approximate surface area is 231 Å². The lowest BCUT2D eigenvalue weighted by atomic mass is 10.1. The van der Waals surface area contributed by atoms with Crippen LogP contribution in [0.3, 0.4) is 0 Å². The summed E-state index contributed by atoms with van der Waals surface area (Å²) in [5, 5.41) is 0. The second-order valence-corrected chi connectivity index (χ2v) is 10.6. The van der Waals surface area contributed by atoms with Gasteiger partial charge in [-0.2, -0.15) is 0 Å². The standard InChI is InChI=1S/C32H52N4O2/c1-5-7-9-15-23-35-25-17-29(18-26-35)31(37)33(3)21-13-11-12-14-22-34(4)32(38)30-19-27-36(28-20-30)24-16-10-8-6-2/h17-20,25-28H,5-16,21-24H2,1-4H3/q+2. The van der Waals surface area contributed by atoms with Crippen molar-refractivity contribution in [3.8, 4) is 0 Å². The summed E-state index contributed by atoms with van der Waals surface area (Å²) >= 11 is 0. The molecule has 0 bridgehead atoms. The first kappa shape index (κ1) is 31.5. The fraction of sp³-hybridized carbons (Fsp3) is 0.625. The first-order chi connectivity index (χ1) is 18.5. The number of aryl methyl sites for hydroxylation is 2. The number of rotatable bonds is 19. The lowest BCUT2D eigenvalue weighted by Crippen LogP contribution is -2.34. The van der Waals surface area contributed by atoms with E-state index in [1.807, 2.05) is 72.9 Å². The number of hydrogen-bond acceptors (Lipinski definition) is 2. The second kappa shape index (κ2) is 18.5. The summed E-state index contributed by atoms with van der Waals surface area (Å²) in [5.41, 5.74) is 1.50. The summed E-state index contributed by atoms with van der Waals surface area (Å²) in [6.45, 7) is 7.97. The van der Waals surface area contributed by atoms with Crippen molar-refractivity contribution in [2.75, 3.05) is 27.2 Å². The molecule has 0 aliphatic heterocycles. The topological polar surface area (TPSA) is 48.4 Å². The third kappa shape index (κ3) is 11.7. The summed E-state index contributed by atoms with van der Waals surface area (Å²) < 4.78 is 4.33. The molecule has 2 rings (SSSR count). The first-order valence-electron chi connectivity index (χ1n) is 14.9. The van der Waals surface area contributed by atoms with E-state index in [1.54, 1.807) is 0 Å². The van der Waals surface area contributed by atoms with Gasteiger partial charge in [0.15, 0.2) is 24.8 Å². The molecule has 2 aromatic heterocycles. The Balaban J connectivity index is 1.61. The van der Waals surface area contributed by atoms with Crippen LogP contribution >= 0.6 is 0 Å². The summed E-state index contributed by atoms with van der Waals surface area (Å²) in [4.78, 5) is 29.1. The minimum atomic E-state index is 0.0820. The molecule has 38 heavy (non-hydrogen) atoms. The number of aromatic nitrogens is 2. The molecule has 0 spiro atoms. The Hall–Kier alpha value is -2.76. The number of amides is 2. The maximum Gasteiger partial charge on any atom is 0.254 e. The Morgan fingerprint density at radius 1 is 0.553 bits per heavy atom. The van der Waals surface area contributed by atoms with Crippen LogP contribution in [-0.4, -0.2) is 48.8 Å².